The van der Waals surface area contributed by atoms with Gasteiger partial charge < -0.3 is 14.6 Å². The van der Waals surface area contributed by atoms with Crippen LogP contribution in [0.5, 0.6) is 5.75 Å². The number of aryl methyl sites for hydroxylation is 1. The summed E-state index contributed by atoms with van der Waals surface area (Å²) >= 11 is 5.95. The lowest BCUT2D eigenvalue weighted by molar-refractivity contribution is 0.402. The highest BCUT2D eigenvalue weighted by Crippen LogP contribution is 2.23. The van der Waals surface area contributed by atoms with Crippen LogP contribution < -0.4 is 15.6 Å². The first kappa shape index (κ1) is 18.9. The van der Waals surface area contributed by atoms with Crippen LogP contribution in [-0.4, -0.2) is 16.7 Å². The van der Waals surface area contributed by atoms with Gasteiger partial charge in [-0.3, -0.25) is 4.79 Å². The van der Waals surface area contributed by atoms with E-state index in [9.17, 15) is 9.18 Å². The molecule has 3 aromatic rings. The van der Waals surface area contributed by atoms with Gasteiger partial charge in [0.1, 0.15) is 5.82 Å². The molecule has 7 heteroatoms. The molecule has 2 aromatic carbocycles. The Balaban J connectivity index is 2.05. The third kappa shape index (κ3) is 4.28. The van der Waals surface area contributed by atoms with Gasteiger partial charge in [-0.05, 0) is 54.8 Å². The summed E-state index contributed by atoms with van der Waals surface area (Å²) in [5, 5.41) is 3.49. The first-order valence-electron chi connectivity index (χ1n) is 8.31. The van der Waals surface area contributed by atoms with E-state index in [1.54, 1.807) is 16.8 Å². The maximum Gasteiger partial charge on any atom is 0.316 e. The van der Waals surface area contributed by atoms with Crippen molar-refractivity contribution in [2.45, 2.75) is 20.4 Å². The fourth-order valence-electron chi connectivity index (χ4n) is 2.74. The monoisotopic (exact) mass is 387 g/mol. The van der Waals surface area contributed by atoms with Crippen LogP contribution in [-0.2, 0) is 6.54 Å². The number of hydrogen-bond donors (Lipinski definition) is 1. The zero-order valence-corrected chi connectivity index (χ0v) is 16.0. The third-order valence-electron chi connectivity index (χ3n) is 4.31. The van der Waals surface area contributed by atoms with Gasteiger partial charge in [0.25, 0.3) is 0 Å². The highest BCUT2D eigenvalue weighted by atomic mass is 35.5. The number of rotatable bonds is 5. The predicted octanol–water partition coefficient (Wildman–Crippen LogP) is 4.45. The van der Waals surface area contributed by atoms with Crippen LogP contribution in [0.3, 0.4) is 0 Å². The van der Waals surface area contributed by atoms with Crippen molar-refractivity contribution in [1.29, 1.82) is 0 Å². The van der Waals surface area contributed by atoms with Gasteiger partial charge in [-0.25, -0.2) is 4.39 Å². The second-order valence-corrected chi connectivity index (χ2v) is 6.65. The van der Waals surface area contributed by atoms with E-state index in [0.29, 0.717) is 16.5 Å². The van der Waals surface area contributed by atoms with Crippen molar-refractivity contribution in [3.8, 4) is 5.75 Å². The Morgan fingerprint density at radius 1 is 1.26 bits per heavy atom. The largest absolute Gasteiger partial charge is 0.490 e. The van der Waals surface area contributed by atoms with Crippen LogP contribution in [0.15, 0.2) is 47.4 Å². The number of nitrogens with zero attached hydrogens (tertiary/aromatic N) is 2. The van der Waals surface area contributed by atoms with Crippen molar-refractivity contribution in [2.24, 2.45) is 0 Å². The summed E-state index contributed by atoms with van der Waals surface area (Å²) in [7, 11) is 1.40. The minimum absolute atomic E-state index is 0.101. The standard InChI is InChI=1S/C20H19ClFN3O2/c1-12-5-4-6-17(13(12)2)23-20-24-19(26)18(27-3)11-25(20)10-14-7-15(21)9-16(22)8-14/h4-9,11H,10H2,1-3H3,(H,23,24,26). The lowest BCUT2D eigenvalue weighted by Gasteiger charge is -2.17. The van der Waals surface area contributed by atoms with Gasteiger partial charge in [-0.2, -0.15) is 4.98 Å². The van der Waals surface area contributed by atoms with Crippen molar-refractivity contribution in [3.05, 3.63) is 80.5 Å². The normalized spacial score (nSPS) is 10.7. The first-order valence-corrected chi connectivity index (χ1v) is 8.69. The molecule has 0 bridgehead atoms. The van der Waals surface area contributed by atoms with Crippen molar-refractivity contribution >= 4 is 23.2 Å². The third-order valence-corrected chi connectivity index (χ3v) is 4.53. The van der Waals surface area contributed by atoms with E-state index < -0.39 is 11.4 Å². The maximum atomic E-state index is 13.7. The number of methoxy groups -OCH3 is 1. The Kier molecular flexibility index (Phi) is 5.46. The van der Waals surface area contributed by atoms with Crippen molar-refractivity contribution in [3.63, 3.8) is 0 Å². The summed E-state index contributed by atoms with van der Waals surface area (Å²) in [6.07, 6.45) is 1.54. The molecule has 3 rings (SSSR count). The SMILES string of the molecule is COc1cn(Cc2cc(F)cc(Cl)c2)c(Nc2cccc(C)c2C)nc1=O. The molecule has 0 spiro atoms. The van der Waals surface area contributed by atoms with Gasteiger partial charge in [0.15, 0.2) is 0 Å². The van der Waals surface area contributed by atoms with E-state index in [-0.39, 0.29) is 12.3 Å². The molecule has 140 valence electrons. The summed E-state index contributed by atoms with van der Waals surface area (Å²) in [6, 6.07) is 10.1. The highest BCUT2D eigenvalue weighted by molar-refractivity contribution is 6.30. The lowest BCUT2D eigenvalue weighted by Crippen LogP contribution is -2.19. The van der Waals surface area contributed by atoms with Crippen LogP contribution >= 0.6 is 11.6 Å². The minimum atomic E-state index is -0.487. The van der Waals surface area contributed by atoms with Crippen molar-refractivity contribution in [1.82, 2.24) is 9.55 Å². The molecule has 1 aromatic heterocycles. The molecule has 0 aliphatic heterocycles. The molecule has 0 aliphatic rings. The van der Waals surface area contributed by atoms with E-state index in [1.807, 2.05) is 32.0 Å². The molecule has 27 heavy (non-hydrogen) atoms. The number of hydrogen-bond acceptors (Lipinski definition) is 4. The van der Waals surface area contributed by atoms with Gasteiger partial charge in [-0.15, -0.1) is 0 Å². The van der Waals surface area contributed by atoms with Crippen LogP contribution in [0, 0.1) is 19.7 Å². The van der Waals surface area contributed by atoms with E-state index >= 15 is 0 Å². The van der Waals surface area contributed by atoms with Crippen molar-refractivity contribution in [2.75, 3.05) is 12.4 Å². The Bertz CT molecular complexity index is 1030. The maximum absolute atomic E-state index is 13.7. The highest BCUT2D eigenvalue weighted by Gasteiger charge is 2.12. The van der Waals surface area contributed by atoms with Crippen molar-refractivity contribution < 1.29 is 9.13 Å². The topological polar surface area (TPSA) is 56.1 Å². The van der Waals surface area contributed by atoms with E-state index in [4.69, 9.17) is 16.3 Å². The number of halogens is 2. The Morgan fingerprint density at radius 2 is 2.04 bits per heavy atom. The minimum Gasteiger partial charge on any atom is -0.490 e. The zero-order valence-electron chi connectivity index (χ0n) is 15.2. The second-order valence-electron chi connectivity index (χ2n) is 6.22. The van der Waals surface area contributed by atoms with Crippen LogP contribution in [0.1, 0.15) is 16.7 Å². The molecule has 0 atom stereocenters. The average molecular weight is 388 g/mol. The smallest absolute Gasteiger partial charge is 0.316 e. The average Bonchev–Trinajstić information content (AvgIpc) is 2.60. The van der Waals surface area contributed by atoms with Crippen LogP contribution in [0.25, 0.3) is 0 Å². The molecule has 5 nitrogen and oxygen atoms in total. The Hall–Kier alpha value is -2.86. The lowest BCUT2D eigenvalue weighted by atomic mass is 10.1. The van der Waals surface area contributed by atoms with Crippen LogP contribution in [0.2, 0.25) is 5.02 Å². The molecule has 1 N–H and O–H groups in total. The molecular formula is C20H19ClFN3O2. The summed E-state index contributed by atoms with van der Waals surface area (Å²) in [5.41, 5.74) is 3.13. The van der Waals surface area contributed by atoms with E-state index in [2.05, 4.69) is 10.3 Å². The van der Waals surface area contributed by atoms with Gasteiger partial charge in [0.2, 0.25) is 11.7 Å². The number of ether oxygens (including phenoxy) is 1. The molecule has 0 unspecified atom stereocenters. The molecule has 0 amide bonds. The quantitative estimate of drug-likeness (QED) is 0.702. The van der Waals surface area contributed by atoms with Gasteiger partial charge in [0, 0.05) is 10.7 Å². The molecular weight excluding hydrogens is 369 g/mol. The number of benzene rings is 2. The Labute approximate surface area is 161 Å². The first-order chi connectivity index (χ1) is 12.9. The van der Waals surface area contributed by atoms with E-state index in [1.165, 1.54) is 19.2 Å². The van der Waals surface area contributed by atoms with Gasteiger partial charge in [0.05, 0.1) is 19.9 Å². The zero-order chi connectivity index (χ0) is 19.6. The van der Waals surface area contributed by atoms with E-state index in [0.717, 1.165) is 16.8 Å². The van der Waals surface area contributed by atoms with Crippen LogP contribution in [0.4, 0.5) is 16.0 Å². The summed E-state index contributed by atoms with van der Waals surface area (Å²) < 4.78 is 20.5. The fraction of sp³-hybridized carbons (Fsp3) is 0.200. The summed E-state index contributed by atoms with van der Waals surface area (Å²) in [6.45, 7) is 4.24. The number of nitrogens with one attached hydrogen (secondary N) is 1. The predicted molar refractivity (Wildman–Crippen MR) is 105 cm³/mol. The Morgan fingerprint density at radius 3 is 2.74 bits per heavy atom. The molecule has 0 saturated carbocycles. The fourth-order valence-corrected chi connectivity index (χ4v) is 2.98. The van der Waals surface area contributed by atoms with Gasteiger partial charge in [-0.1, -0.05) is 23.7 Å². The molecule has 0 fully saturated rings. The number of aromatic nitrogens is 2. The molecule has 0 saturated heterocycles. The molecule has 0 aliphatic carbocycles. The second kappa shape index (κ2) is 7.80. The molecule has 0 radical (unpaired) electrons. The molecule has 1 heterocycles. The summed E-state index contributed by atoms with van der Waals surface area (Å²) in [5.74, 6) is 0.00130. The number of anilines is 2. The summed E-state index contributed by atoms with van der Waals surface area (Å²) in [4.78, 5) is 16.3. The van der Waals surface area contributed by atoms with Gasteiger partial charge >= 0.3 is 5.56 Å².